The Bertz CT molecular complexity index is 1340. The van der Waals surface area contributed by atoms with Crippen LogP contribution in [0, 0.1) is 12.7 Å². The molecule has 3 heterocycles. The van der Waals surface area contributed by atoms with Gasteiger partial charge in [0.05, 0.1) is 22.1 Å². The quantitative estimate of drug-likeness (QED) is 0.481. The molecule has 0 aliphatic carbocycles. The number of rotatable bonds is 3. The molecule has 0 unspecified atom stereocenters. The number of benzene rings is 2. The molecule has 0 spiro atoms. The van der Waals surface area contributed by atoms with Crippen molar-refractivity contribution in [3.8, 4) is 11.1 Å². The molecule has 1 aliphatic heterocycles. The van der Waals surface area contributed by atoms with E-state index in [4.69, 9.17) is 16.1 Å². The van der Waals surface area contributed by atoms with Crippen molar-refractivity contribution in [3.05, 3.63) is 53.5 Å². The summed E-state index contributed by atoms with van der Waals surface area (Å²) in [5.41, 5.74) is 2.66. The molecule has 2 aromatic carbocycles. The van der Waals surface area contributed by atoms with Crippen LogP contribution in [0.25, 0.3) is 33.0 Å². The average Bonchev–Trinajstić information content (AvgIpc) is 3.42. The fraction of sp³-hybridized carbons (Fsp3) is 0.227. The molecule has 1 fully saturated rings. The van der Waals surface area contributed by atoms with E-state index in [2.05, 4.69) is 21.9 Å². The summed E-state index contributed by atoms with van der Waals surface area (Å²) in [5, 5.41) is 12.7. The summed E-state index contributed by atoms with van der Waals surface area (Å²) in [4.78, 5) is 15.5. The van der Waals surface area contributed by atoms with Crippen molar-refractivity contribution in [3.63, 3.8) is 0 Å². The van der Waals surface area contributed by atoms with Crippen molar-refractivity contribution in [1.29, 1.82) is 0 Å². The number of anilines is 1. The SMILES string of the molecule is C=CC(=O)N1CCN(c2noc3c(F)c(-c4c(C)ccc5[nH]ncc45)c(Cl)cc23)CC1. The van der Waals surface area contributed by atoms with E-state index in [0.717, 1.165) is 16.5 Å². The molecule has 9 heteroatoms. The van der Waals surface area contributed by atoms with Crippen molar-refractivity contribution in [2.75, 3.05) is 31.1 Å². The highest BCUT2D eigenvalue weighted by atomic mass is 35.5. The molecule has 2 aromatic heterocycles. The number of H-pyrrole nitrogens is 1. The fourth-order valence-corrected chi connectivity index (χ4v) is 4.46. The van der Waals surface area contributed by atoms with Crippen molar-refractivity contribution in [2.24, 2.45) is 0 Å². The van der Waals surface area contributed by atoms with Gasteiger partial charge in [-0.05, 0) is 30.7 Å². The standard InChI is InChI=1S/C22H19ClFN5O2/c1-3-17(30)28-6-8-29(9-7-28)22-13-10-15(23)19(20(24)21(13)31-27-22)18-12(2)4-5-16-14(18)11-25-26-16/h3-5,10-11H,1,6-9H2,2H3,(H,25,26). The van der Waals surface area contributed by atoms with Gasteiger partial charge in [-0.2, -0.15) is 5.10 Å². The first-order valence-electron chi connectivity index (χ1n) is 9.86. The molecular formula is C22H19ClFN5O2. The number of hydrogen-bond donors (Lipinski definition) is 1. The highest BCUT2D eigenvalue weighted by Crippen LogP contribution is 2.42. The number of aryl methyl sites for hydroxylation is 1. The molecule has 1 saturated heterocycles. The van der Waals surface area contributed by atoms with Crippen LogP contribution in [-0.4, -0.2) is 52.3 Å². The minimum atomic E-state index is -0.557. The Hall–Kier alpha value is -3.39. The van der Waals surface area contributed by atoms with Gasteiger partial charge in [-0.3, -0.25) is 9.89 Å². The maximum absolute atomic E-state index is 15.7. The number of carbonyl (C=O) groups is 1. The molecular weight excluding hydrogens is 421 g/mol. The van der Waals surface area contributed by atoms with E-state index in [1.54, 1.807) is 17.2 Å². The van der Waals surface area contributed by atoms with Gasteiger partial charge in [-0.25, -0.2) is 4.39 Å². The lowest BCUT2D eigenvalue weighted by Gasteiger charge is -2.34. The molecule has 4 aromatic rings. The first kappa shape index (κ1) is 19.6. The highest BCUT2D eigenvalue weighted by molar-refractivity contribution is 6.35. The third kappa shape index (κ3) is 3.06. The molecule has 1 amide bonds. The summed E-state index contributed by atoms with van der Waals surface area (Å²) < 4.78 is 21.1. The summed E-state index contributed by atoms with van der Waals surface area (Å²) in [5.74, 6) is -0.142. The minimum Gasteiger partial charge on any atom is -0.351 e. The van der Waals surface area contributed by atoms with Gasteiger partial charge in [-0.1, -0.05) is 29.4 Å². The number of halogens is 2. The van der Waals surface area contributed by atoms with Gasteiger partial charge >= 0.3 is 0 Å². The lowest BCUT2D eigenvalue weighted by atomic mass is 9.95. The van der Waals surface area contributed by atoms with Crippen LogP contribution in [-0.2, 0) is 4.79 Å². The molecule has 1 N–H and O–H groups in total. The Morgan fingerprint density at radius 3 is 2.77 bits per heavy atom. The second kappa shape index (κ2) is 7.39. The lowest BCUT2D eigenvalue weighted by Crippen LogP contribution is -2.48. The van der Waals surface area contributed by atoms with Crippen LogP contribution in [0.3, 0.4) is 0 Å². The summed E-state index contributed by atoms with van der Waals surface area (Å²) in [6.45, 7) is 7.57. The number of amides is 1. The van der Waals surface area contributed by atoms with E-state index in [1.807, 2.05) is 24.0 Å². The largest absolute Gasteiger partial charge is 0.351 e. The van der Waals surface area contributed by atoms with Crippen LogP contribution in [0.15, 0.2) is 41.6 Å². The number of piperazine rings is 1. The zero-order chi connectivity index (χ0) is 21.7. The molecule has 5 rings (SSSR count). The Labute approximate surface area is 182 Å². The van der Waals surface area contributed by atoms with Gasteiger partial charge in [0.15, 0.2) is 11.6 Å². The Balaban J connectivity index is 1.58. The maximum Gasteiger partial charge on any atom is 0.246 e. The van der Waals surface area contributed by atoms with Gasteiger partial charge in [0.1, 0.15) is 0 Å². The third-order valence-electron chi connectivity index (χ3n) is 5.79. The van der Waals surface area contributed by atoms with E-state index in [-0.39, 0.29) is 22.1 Å². The predicted molar refractivity (Wildman–Crippen MR) is 118 cm³/mol. The molecule has 0 atom stereocenters. The molecule has 7 nitrogen and oxygen atoms in total. The normalized spacial score (nSPS) is 14.5. The molecule has 158 valence electrons. The zero-order valence-corrected chi connectivity index (χ0v) is 17.5. The van der Waals surface area contributed by atoms with Crippen molar-refractivity contribution < 1.29 is 13.7 Å². The summed E-state index contributed by atoms with van der Waals surface area (Å²) in [6.07, 6.45) is 2.97. The van der Waals surface area contributed by atoms with Crippen LogP contribution in [0.2, 0.25) is 5.02 Å². The van der Waals surface area contributed by atoms with Crippen LogP contribution in [0.5, 0.6) is 0 Å². The topological polar surface area (TPSA) is 78.3 Å². The maximum atomic E-state index is 15.7. The average molecular weight is 440 g/mol. The Kier molecular flexibility index (Phi) is 4.66. The highest BCUT2D eigenvalue weighted by Gasteiger charge is 2.27. The zero-order valence-electron chi connectivity index (χ0n) is 16.8. The summed E-state index contributed by atoms with van der Waals surface area (Å²) >= 11 is 6.61. The molecule has 31 heavy (non-hydrogen) atoms. The first-order valence-corrected chi connectivity index (χ1v) is 10.2. The van der Waals surface area contributed by atoms with E-state index in [9.17, 15) is 4.79 Å². The molecule has 0 saturated carbocycles. The second-order valence-electron chi connectivity index (χ2n) is 7.54. The van der Waals surface area contributed by atoms with E-state index < -0.39 is 5.82 Å². The minimum absolute atomic E-state index is 0.0545. The first-order chi connectivity index (χ1) is 15.0. The van der Waals surface area contributed by atoms with E-state index >= 15 is 4.39 Å². The third-order valence-corrected chi connectivity index (χ3v) is 6.08. The van der Waals surface area contributed by atoms with Crippen molar-refractivity contribution in [2.45, 2.75) is 6.92 Å². The lowest BCUT2D eigenvalue weighted by molar-refractivity contribution is -0.126. The van der Waals surface area contributed by atoms with Gasteiger partial charge in [0, 0.05) is 42.7 Å². The van der Waals surface area contributed by atoms with Crippen LogP contribution < -0.4 is 4.90 Å². The van der Waals surface area contributed by atoms with E-state index in [1.165, 1.54) is 6.08 Å². The van der Waals surface area contributed by atoms with Crippen molar-refractivity contribution >= 4 is 45.2 Å². The van der Waals surface area contributed by atoms with Gasteiger partial charge in [0.2, 0.25) is 11.5 Å². The van der Waals surface area contributed by atoms with Gasteiger partial charge in [-0.15, -0.1) is 0 Å². The number of nitrogens with one attached hydrogen (secondary N) is 1. The number of hydrogen-bond acceptors (Lipinski definition) is 5. The number of carbonyl (C=O) groups excluding carboxylic acids is 1. The summed E-state index contributed by atoms with van der Waals surface area (Å²) in [6, 6.07) is 5.49. The fourth-order valence-electron chi connectivity index (χ4n) is 4.18. The molecule has 0 bridgehead atoms. The van der Waals surface area contributed by atoms with E-state index in [0.29, 0.717) is 42.9 Å². The van der Waals surface area contributed by atoms with Crippen LogP contribution in [0.1, 0.15) is 5.56 Å². The van der Waals surface area contributed by atoms with Gasteiger partial charge < -0.3 is 14.3 Å². The number of aromatic amines is 1. The molecule has 1 aliphatic rings. The number of nitrogens with zero attached hydrogens (tertiary/aromatic N) is 4. The number of fused-ring (bicyclic) bond motifs is 2. The second-order valence-corrected chi connectivity index (χ2v) is 7.94. The Morgan fingerprint density at radius 2 is 2.03 bits per heavy atom. The van der Waals surface area contributed by atoms with Crippen molar-refractivity contribution in [1.82, 2.24) is 20.3 Å². The predicted octanol–water partition coefficient (Wildman–Crippen LogP) is 4.31. The smallest absolute Gasteiger partial charge is 0.246 e. The van der Waals surface area contributed by atoms with Crippen LogP contribution in [0.4, 0.5) is 10.2 Å². The van der Waals surface area contributed by atoms with Crippen LogP contribution >= 0.6 is 11.6 Å². The van der Waals surface area contributed by atoms with Gasteiger partial charge in [0.25, 0.3) is 0 Å². The summed E-state index contributed by atoms with van der Waals surface area (Å²) in [7, 11) is 0. The number of aromatic nitrogens is 3. The monoisotopic (exact) mass is 439 g/mol. The Morgan fingerprint density at radius 1 is 1.26 bits per heavy atom. The molecule has 0 radical (unpaired) electrons.